The second kappa shape index (κ2) is 6.40. The van der Waals surface area contributed by atoms with Gasteiger partial charge in [0.05, 0.1) is 5.69 Å². The largest absolute Gasteiger partial charge is 0.382 e. The second-order valence-corrected chi connectivity index (χ2v) is 6.45. The van der Waals surface area contributed by atoms with Crippen LogP contribution in [0.3, 0.4) is 0 Å². The number of aliphatic hydroxyl groups excluding tert-OH is 1. The molecule has 0 bridgehead atoms. The molecule has 0 radical (unpaired) electrons. The number of aromatic nitrogens is 2. The van der Waals surface area contributed by atoms with E-state index in [0.29, 0.717) is 5.02 Å². The number of aliphatic hydroxyl groups is 1. The fraction of sp³-hybridized carbons (Fsp3) is 0.118. The van der Waals surface area contributed by atoms with Crippen LogP contribution in [0.5, 0.6) is 0 Å². The topological polar surface area (TPSA) is 38.0 Å². The number of benzene rings is 2. The molecule has 3 aromatic rings. The highest BCUT2D eigenvalue weighted by Gasteiger charge is 2.21. The lowest BCUT2D eigenvalue weighted by Crippen LogP contribution is -2.07. The summed E-state index contributed by atoms with van der Waals surface area (Å²) in [6.45, 7) is 0. The molecular weight excluding hydrogens is 411 g/mol. The Labute approximate surface area is 147 Å². The molecule has 3 rings (SSSR count). The first-order chi connectivity index (χ1) is 10.6. The monoisotopic (exact) mass is 424 g/mol. The number of imidazole rings is 1. The number of hydrogen-bond donors (Lipinski definition) is 1. The zero-order valence-electron chi connectivity index (χ0n) is 11.9. The molecule has 1 aromatic heterocycles. The van der Waals surface area contributed by atoms with Crippen molar-refractivity contribution in [1.29, 1.82) is 0 Å². The summed E-state index contributed by atoms with van der Waals surface area (Å²) in [4.78, 5) is 4.60. The summed E-state index contributed by atoms with van der Waals surface area (Å²) in [7, 11) is 1.92. The van der Waals surface area contributed by atoms with E-state index in [9.17, 15) is 5.11 Å². The van der Waals surface area contributed by atoms with Crippen molar-refractivity contribution < 1.29 is 5.11 Å². The maximum absolute atomic E-state index is 10.7. The number of rotatable bonds is 3. The summed E-state index contributed by atoms with van der Waals surface area (Å²) < 4.78 is 2.73. The molecule has 1 atom stereocenters. The van der Waals surface area contributed by atoms with Gasteiger partial charge in [-0.25, -0.2) is 4.98 Å². The first-order valence-electron chi connectivity index (χ1n) is 6.79. The van der Waals surface area contributed by atoms with Gasteiger partial charge in [0.25, 0.3) is 0 Å². The molecule has 5 heteroatoms. The lowest BCUT2D eigenvalue weighted by molar-refractivity contribution is 0.210. The van der Waals surface area contributed by atoms with Crippen LogP contribution in [0.2, 0.25) is 5.02 Å². The van der Waals surface area contributed by atoms with Crippen LogP contribution in [0.1, 0.15) is 17.4 Å². The van der Waals surface area contributed by atoms with Crippen LogP contribution in [0.4, 0.5) is 0 Å². The summed E-state index contributed by atoms with van der Waals surface area (Å²) in [6.07, 6.45) is -0.702. The molecule has 112 valence electrons. The van der Waals surface area contributed by atoms with E-state index >= 15 is 0 Å². The van der Waals surface area contributed by atoms with Crippen molar-refractivity contribution in [1.82, 2.24) is 9.55 Å². The van der Waals surface area contributed by atoms with Gasteiger partial charge in [0.2, 0.25) is 0 Å². The fourth-order valence-corrected chi connectivity index (χ4v) is 3.44. The number of hydrogen-bond acceptors (Lipinski definition) is 2. The van der Waals surface area contributed by atoms with Crippen LogP contribution in [-0.4, -0.2) is 14.7 Å². The fourth-order valence-electron chi connectivity index (χ4n) is 2.42. The Hall–Kier alpha value is -1.37. The van der Waals surface area contributed by atoms with Gasteiger partial charge in [-0.05, 0) is 52.4 Å². The standard InChI is InChI=1S/C17H14ClIN2O/c1-21-14(15(22)11-5-3-2-4-6-11)16(19)20-17(21)12-7-9-13(18)10-8-12/h2-10,15,22H,1H3. The summed E-state index contributed by atoms with van der Waals surface area (Å²) in [5, 5.41) is 11.4. The molecule has 0 aliphatic heterocycles. The van der Waals surface area contributed by atoms with Crippen LogP contribution in [0, 0.1) is 3.70 Å². The third-order valence-corrected chi connectivity index (χ3v) is 4.62. The number of nitrogens with zero attached hydrogens (tertiary/aromatic N) is 2. The average molecular weight is 425 g/mol. The van der Waals surface area contributed by atoms with Gasteiger partial charge in [-0.15, -0.1) is 0 Å². The molecule has 22 heavy (non-hydrogen) atoms. The first kappa shape index (κ1) is 15.5. The zero-order chi connectivity index (χ0) is 15.7. The van der Waals surface area contributed by atoms with Crippen LogP contribution < -0.4 is 0 Å². The normalized spacial score (nSPS) is 12.4. The molecule has 1 heterocycles. The van der Waals surface area contributed by atoms with Gasteiger partial charge in [0.15, 0.2) is 0 Å². The van der Waals surface area contributed by atoms with Crippen LogP contribution in [0.15, 0.2) is 54.6 Å². The smallest absolute Gasteiger partial charge is 0.141 e. The minimum Gasteiger partial charge on any atom is -0.382 e. The van der Waals surface area contributed by atoms with Gasteiger partial charge in [-0.1, -0.05) is 41.9 Å². The Morgan fingerprint density at radius 2 is 1.73 bits per heavy atom. The zero-order valence-corrected chi connectivity index (χ0v) is 14.8. The summed E-state index contributed by atoms with van der Waals surface area (Å²) in [5.41, 5.74) is 2.61. The molecular formula is C17H14ClIN2O. The van der Waals surface area contributed by atoms with Crippen molar-refractivity contribution in [3.63, 3.8) is 0 Å². The summed E-state index contributed by atoms with van der Waals surface area (Å²) >= 11 is 8.10. The van der Waals surface area contributed by atoms with Gasteiger partial charge >= 0.3 is 0 Å². The molecule has 0 spiro atoms. The van der Waals surface area contributed by atoms with E-state index in [4.69, 9.17) is 11.6 Å². The minimum absolute atomic E-state index is 0.692. The van der Waals surface area contributed by atoms with E-state index in [0.717, 1.165) is 26.3 Å². The Balaban J connectivity index is 2.05. The van der Waals surface area contributed by atoms with Gasteiger partial charge < -0.3 is 9.67 Å². The van der Waals surface area contributed by atoms with Crippen molar-refractivity contribution in [2.75, 3.05) is 0 Å². The van der Waals surface area contributed by atoms with Gasteiger partial charge in [0, 0.05) is 17.6 Å². The summed E-state index contributed by atoms with van der Waals surface area (Å²) in [6, 6.07) is 17.1. The van der Waals surface area contributed by atoms with E-state index in [1.165, 1.54) is 0 Å². The Morgan fingerprint density at radius 1 is 1.09 bits per heavy atom. The van der Waals surface area contributed by atoms with Crippen molar-refractivity contribution >= 4 is 34.2 Å². The highest BCUT2D eigenvalue weighted by atomic mass is 127. The molecule has 1 N–H and O–H groups in total. The second-order valence-electron chi connectivity index (χ2n) is 4.99. The third kappa shape index (κ3) is 2.91. The van der Waals surface area contributed by atoms with E-state index in [1.54, 1.807) is 0 Å². The van der Waals surface area contributed by atoms with Gasteiger partial charge in [0.1, 0.15) is 15.6 Å². The third-order valence-electron chi connectivity index (χ3n) is 3.57. The number of halogens is 2. The van der Waals surface area contributed by atoms with E-state index < -0.39 is 6.10 Å². The molecule has 0 fully saturated rings. The average Bonchev–Trinajstić information content (AvgIpc) is 2.83. The lowest BCUT2D eigenvalue weighted by Gasteiger charge is -2.13. The minimum atomic E-state index is -0.702. The van der Waals surface area contributed by atoms with Crippen molar-refractivity contribution in [3.8, 4) is 11.4 Å². The first-order valence-corrected chi connectivity index (χ1v) is 8.24. The molecule has 0 saturated heterocycles. The SMILES string of the molecule is Cn1c(-c2ccc(Cl)cc2)nc(I)c1C(O)c1ccccc1. The Kier molecular flexibility index (Phi) is 4.52. The van der Waals surface area contributed by atoms with Crippen LogP contribution >= 0.6 is 34.2 Å². The molecule has 0 saturated carbocycles. The Morgan fingerprint density at radius 3 is 2.36 bits per heavy atom. The quantitative estimate of drug-likeness (QED) is 0.632. The van der Waals surface area contributed by atoms with E-state index in [1.807, 2.05) is 66.2 Å². The van der Waals surface area contributed by atoms with Crippen molar-refractivity contribution in [2.24, 2.45) is 7.05 Å². The van der Waals surface area contributed by atoms with E-state index in [2.05, 4.69) is 27.6 Å². The van der Waals surface area contributed by atoms with Crippen LogP contribution in [0.25, 0.3) is 11.4 Å². The maximum atomic E-state index is 10.7. The van der Waals surface area contributed by atoms with Crippen LogP contribution in [-0.2, 0) is 7.05 Å². The van der Waals surface area contributed by atoms with E-state index in [-0.39, 0.29) is 0 Å². The predicted molar refractivity (Wildman–Crippen MR) is 96.9 cm³/mol. The van der Waals surface area contributed by atoms with Gasteiger partial charge in [-0.3, -0.25) is 0 Å². The van der Waals surface area contributed by atoms with Gasteiger partial charge in [-0.2, -0.15) is 0 Å². The highest BCUT2D eigenvalue weighted by Crippen LogP contribution is 2.30. The lowest BCUT2D eigenvalue weighted by atomic mass is 10.1. The predicted octanol–water partition coefficient (Wildman–Crippen LogP) is 4.43. The molecule has 2 aromatic carbocycles. The molecule has 0 aliphatic carbocycles. The molecule has 3 nitrogen and oxygen atoms in total. The summed E-state index contributed by atoms with van der Waals surface area (Å²) in [5.74, 6) is 0.811. The molecule has 1 unspecified atom stereocenters. The Bertz CT molecular complexity index is 784. The molecule has 0 amide bonds. The molecule has 0 aliphatic rings. The highest BCUT2D eigenvalue weighted by molar-refractivity contribution is 14.1. The van der Waals surface area contributed by atoms with Crippen molar-refractivity contribution in [3.05, 3.63) is 74.6 Å². The van der Waals surface area contributed by atoms with Crippen molar-refractivity contribution in [2.45, 2.75) is 6.10 Å². The maximum Gasteiger partial charge on any atom is 0.141 e.